The van der Waals surface area contributed by atoms with Crippen molar-refractivity contribution < 1.29 is 13.9 Å². The fourth-order valence-electron chi connectivity index (χ4n) is 4.14. The highest BCUT2D eigenvalue weighted by Crippen LogP contribution is 2.24. The molecule has 0 unspecified atom stereocenters. The first-order valence-electron chi connectivity index (χ1n) is 11.5. The minimum Gasteiger partial charge on any atom is -0.459 e. The summed E-state index contributed by atoms with van der Waals surface area (Å²) in [7, 11) is 0. The number of piperazine rings is 1. The van der Waals surface area contributed by atoms with Crippen LogP contribution in [0.15, 0.2) is 66.3 Å². The molecule has 0 bridgehead atoms. The van der Waals surface area contributed by atoms with Crippen LogP contribution in [0.5, 0.6) is 0 Å². The van der Waals surface area contributed by atoms with Crippen molar-refractivity contribution in [1.82, 2.24) is 9.88 Å². The summed E-state index contributed by atoms with van der Waals surface area (Å²) in [5.74, 6) is 0.166. The van der Waals surface area contributed by atoms with Crippen LogP contribution < -0.4 is 10.2 Å². The van der Waals surface area contributed by atoms with Gasteiger partial charge >= 0.3 is 5.97 Å². The molecule has 1 aromatic carbocycles. The molecule has 1 aliphatic heterocycles. The minimum absolute atomic E-state index is 0.171. The second-order valence-electron chi connectivity index (χ2n) is 8.68. The third kappa shape index (κ3) is 5.99. The molecule has 0 radical (unpaired) electrons. The van der Waals surface area contributed by atoms with E-state index in [1.807, 2.05) is 32.1 Å². The molecule has 1 N–H and O–H groups in total. The largest absolute Gasteiger partial charge is 0.459 e. The fourth-order valence-corrected chi connectivity index (χ4v) is 4.14. The van der Waals surface area contributed by atoms with E-state index in [0.717, 1.165) is 44.8 Å². The predicted molar refractivity (Wildman–Crippen MR) is 129 cm³/mol. The Hall–Kier alpha value is -3.19. The zero-order valence-corrected chi connectivity index (χ0v) is 19.3. The molecule has 2 aliphatic rings. The molecule has 1 fully saturated rings. The number of halogens is 1. The van der Waals surface area contributed by atoms with Crippen molar-refractivity contribution >= 4 is 17.5 Å². The van der Waals surface area contributed by atoms with Crippen LogP contribution in [-0.4, -0.2) is 48.1 Å². The van der Waals surface area contributed by atoms with E-state index in [2.05, 4.69) is 32.2 Å². The standard InChI is InChI=1S/C26H31FN4O2/c1-19(2)33-26(32)22-9-6-12-28-25(22)31-15-13-30(14-16-31)18-20-7-5-8-21(17-20)29-24-11-4-3-10-23(24)27/h3,5-10,12,17,19,29H,4,11,13-16,18H2,1-2H3. The molecular formula is C26H31FN4O2. The molecular weight excluding hydrogens is 419 g/mol. The van der Waals surface area contributed by atoms with Gasteiger partial charge in [0.05, 0.1) is 11.8 Å². The van der Waals surface area contributed by atoms with Gasteiger partial charge in [0.25, 0.3) is 0 Å². The fraction of sp³-hybridized carbons (Fsp3) is 0.385. The van der Waals surface area contributed by atoms with Crippen LogP contribution in [0.1, 0.15) is 42.6 Å². The smallest absolute Gasteiger partial charge is 0.342 e. The van der Waals surface area contributed by atoms with Gasteiger partial charge in [0, 0.05) is 44.6 Å². The maximum absolute atomic E-state index is 14.0. The monoisotopic (exact) mass is 450 g/mol. The number of nitrogens with zero attached hydrogens (tertiary/aromatic N) is 3. The summed E-state index contributed by atoms with van der Waals surface area (Å²) in [6.45, 7) is 7.78. The van der Waals surface area contributed by atoms with Gasteiger partial charge in [0.1, 0.15) is 17.2 Å². The molecule has 1 saturated heterocycles. The number of ether oxygens (including phenoxy) is 1. The molecule has 0 amide bonds. The molecule has 33 heavy (non-hydrogen) atoms. The molecule has 1 aromatic heterocycles. The van der Waals surface area contributed by atoms with E-state index in [4.69, 9.17) is 4.74 Å². The number of carbonyl (C=O) groups excluding carboxylic acids is 1. The van der Waals surface area contributed by atoms with Gasteiger partial charge < -0.3 is 15.0 Å². The first-order chi connectivity index (χ1) is 16.0. The summed E-state index contributed by atoms with van der Waals surface area (Å²) in [5.41, 5.74) is 3.25. The Labute approximate surface area is 194 Å². The number of rotatable bonds is 7. The van der Waals surface area contributed by atoms with Crippen molar-refractivity contribution in [3.05, 3.63) is 77.4 Å². The number of hydrogen-bond acceptors (Lipinski definition) is 6. The maximum Gasteiger partial charge on any atom is 0.342 e. The van der Waals surface area contributed by atoms with E-state index in [1.54, 1.807) is 18.3 Å². The number of hydrogen-bond donors (Lipinski definition) is 1. The van der Waals surface area contributed by atoms with E-state index in [0.29, 0.717) is 23.5 Å². The number of benzene rings is 1. The molecule has 2 heterocycles. The lowest BCUT2D eigenvalue weighted by molar-refractivity contribution is 0.0378. The average Bonchev–Trinajstić information content (AvgIpc) is 2.81. The van der Waals surface area contributed by atoms with Crippen molar-refractivity contribution in [2.75, 3.05) is 36.4 Å². The average molecular weight is 451 g/mol. The van der Waals surface area contributed by atoms with Gasteiger partial charge in [-0.3, -0.25) is 4.90 Å². The third-order valence-electron chi connectivity index (χ3n) is 5.76. The predicted octanol–water partition coefficient (Wildman–Crippen LogP) is 4.91. The molecule has 174 valence electrons. The highest BCUT2D eigenvalue weighted by Gasteiger charge is 2.24. The number of nitrogens with one attached hydrogen (secondary N) is 1. The lowest BCUT2D eigenvalue weighted by Crippen LogP contribution is -2.46. The van der Waals surface area contributed by atoms with E-state index in [9.17, 15) is 9.18 Å². The van der Waals surface area contributed by atoms with Crippen LogP contribution in [0.25, 0.3) is 0 Å². The molecule has 0 atom stereocenters. The summed E-state index contributed by atoms with van der Waals surface area (Å²) in [6.07, 6.45) is 6.48. The van der Waals surface area contributed by atoms with Crippen LogP contribution in [0, 0.1) is 0 Å². The Balaban J connectivity index is 1.36. The summed E-state index contributed by atoms with van der Waals surface area (Å²) < 4.78 is 19.4. The minimum atomic E-state index is -0.333. The molecule has 4 rings (SSSR count). The van der Waals surface area contributed by atoms with Crippen LogP contribution in [0.2, 0.25) is 0 Å². The van der Waals surface area contributed by atoms with Crippen molar-refractivity contribution in [2.24, 2.45) is 0 Å². The Bertz CT molecular complexity index is 1040. The quantitative estimate of drug-likeness (QED) is 0.605. The van der Waals surface area contributed by atoms with Gasteiger partial charge in [-0.05, 0) is 62.6 Å². The number of anilines is 2. The summed E-state index contributed by atoms with van der Waals surface area (Å²) >= 11 is 0. The van der Waals surface area contributed by atoms with E-state index < -0.39 is 0 Å². The SMILES string of the molecule is CC(C)OC(=O)c1cccnc1N1CCN(Cc2cccc(NC3=C(F)C=CCC3)c2)CC1. The number of pyridine rings is 1. The number of allylic oxidation sites excluding steroid dienone is 4. The number of esters is 1. The Kier molecular flexibility index (Phi) is 7.40. The van der Waals surface area contributed by atoms with Crippen LogP contribution in [0.3, 0.4) is 0 Å². The molecule has 6 nitrogen and oxygen atoms in total. The molecule has 2 aromatic rings. The van der Waals surface area contributed by atoms with E-state index in [-0.39, 0.29) is 17.9 Å². The van der Waals surface area contributed by atoms with Gasteiger partial charge in [0.15, 0.2) is 0 Å². The van der Waals surface area contributed by atoms with Gasteiger partial charge in [-0.15, -0.1) is 0 Å². The Morgan fingerprint density at radius 1 is 1.18 bits per heavy atom. The van der Waals surface area contributed by atoms with Gasteiger partial charge in [-0.25, -0.2) is 14.2 Å². The number of carbonyl (C=O) groups is 1. The Morgan fingerprint density at radius 2 is 2.00 bits per heavy atom. The van der Waals surface area contributed by atoms with Gasteiger partial charge in [-0.1, -0.05) is 18.2 Å². The van der Waals surface area contributed by atoms with Crippen molar-refractivity contribution in [2.45, 2.75) is 39.3 Å². The summed E-state index contributed by atoms with van der Waals surface area (Å²) in [5, 5.41) is 3.24. The second-order valence-corrected chi connectivity index (χ2v) is 8.68. The zero-order chi connectivity index (χ0) is 23.2. The van der Waals surface area contributed by atoms with E-state index in [1.165, 1.54) is 11.6 Å². The second kappa shape index (κ2) is 10.6. The molecule has 7 heteroatoms. The zero-order valence-electron chi connectivity index (χ0n) is 19.3. The van der Waals surface area contributed by atoms with Crippen LogP contribution >= 0.6 is 0 Å². The summed E-state index contributed by atoms with van der Waals surface area (Å²) in [4.78, 5) is 21.5. The molecule has 0 saturated carbocycles. The number of aromatic nitrogens is 1. The lowest BCUT2D eigenvalue weighted by Gasteiger charge is -2.36. The highest BCUT2D eigenvalue weighted by atomic mass is 19.1. The lowest BCUT2D eigenvalue weighted by atomic mass is 10.1. The van der Waals surface area contributed by atoms with Crippen molar-refractivity contribution in [3.8, 4) is 0 Å². The van der Waals surface area contributed by atoms with Gasteiger partial charge in [-0.2, -0.15) is 0 Å². The van der Waals surface area contributed by atoms with Crippen molar-refractivity contribution in [3.63, 3.8) is 0 Å². The molecule has 0 spiro atoms. The first kappa shape index (κ1) is 23.0. The topological polar surface area (TPSA) is 57.7 Å². The van der Waals surface area contributed by atoms with Gasteiger partial charge in [0.2, 0.25) is 0 Å². The highest BCUT2D eigenvalue weighted by molar-refractivity contribution is 5.94. The normalized spacial score (nSPS) is 16.9. The third-order valence-corrected chi connectivity index (χ3v) is 5.76. The first-order valence-corrected chi connectivity index (χ1v) is 11.5. The Morgan fingerprint density at radius 3 is 2.76 bits per heavy atom. The van der Waals surface area contributed by atoms with Crippen LogP contribution in [-0.2, 0) is 11.3 Å². The maximum atomic E-state index is 14.0. The van der Waals surface area contributed by atoms with Crippen molar-refractivity contribution in [1.29, 1.82) is 0 Å². The summed E-state index contributed by atoms with van der Waals surface area (Å²) in [6, 6.07) is 11.7. The van der Waals surface area contributed by atoms with E-state index >= 15 is 0 Å². The van der Waals surface area contributed by atoms with Crippen LogP contribution in [0.4, 0.5) is 15.9 Å². The molecule has 1 aliphatic carbocycles.